The van der Waals surface area contributed by atoms with Crippen LogP contribution in [-0.2, 0) is 9.53 Å². The van der Waals surface area contributed by atoms with Crippen LogP contribution in [0.2, 0.25) is 0 Å². The van der Waals surface area contributed by atoms with E-state index in [-0.39, 0.29) is 5.97 Å². The van der Waals surface area contributed by atoms with Crippen molar-refractivity contribution in [1.82, 2.24) is 4.90 Å². The number of hydrogen-bond acceptors (Lipinski definition) is 4. The van der Waals surface area contributed by atoms with E-state index in [0.717, 1.165) is 26.1 Å². The van der Waals surface area contributed by atoms with Gasteiger partial charge in [-0.1, -0.05) is 0 Å². The minimum atomic E-state index is -0.114. The fraction of sp³-hybridized carbons (Fsp3) is 0.909. The zero-order valence-corrected chi connectivity index (χ0v) is 9.74. The highest BCUT2D eigenvalue weighted by Gasteiger charge is 2.27. The molecule has 15 heavy (non-hydrogen) atoms. The smallest absolute Gasteiger partial charge is 0.305 e. The number of rotatable bonds is 5. The molecule has 4 nitrogen and oxygen atoms in total. The first-order valence-electron chi connectivity index (χ1n) is 5.68. The predicted molar refractivity (Wildman–Crippen MR) is 59.4 cm³/mol. The molecule has 0 spiro atoms. The quantitative estimate of drug-likeness (QED) is 0.681. The van der Waals surface area contributed by atoms with Gasteiger partial charge in [0.15, 0.2) is 0 Å². The molecule has 1 saturated heterocycles. The second-order valence-corrected chi connectivity index (χ2v) is 4.36. The molecule has 0 aliphatic carbocycles. The molecule has 0 saturated carbocycles. The Kier molecular flexibility index (Phi) is 5.05. The summed E-state index contributed by atoms with van der Waals surface area (Å²) in [6, 6.07) is 0.608. The molecule has 88 valence electrons. The van der Waals surface area contributed by atoms with Gasteiger partial charge in [0.05, 0.1) is 7.11 Å². The molecule has 1 heterocycles. The lowest BCUT2D eigenvalue weighted by Gasteiger charge is -2.20. The topological polar surface area (TPSA) is 55.6 Å². The Morgan fingerprint density at radius 1 is 1.60 bits per heavy atom. The maximum Gasteiger partial charge on any atom is 0.305 e. The summed E-state index contributed by atoms with van der Waals surface area (Å²) in [5.74, 6) is 0.523. The molecule has 0 bridgehead atoms. The number of nitrogens with zero attached hydrogens (tertiary/aromatic N) is 1. The van der Waals surface area contributed by atoms with E-state index < -0.39 is 0 Å². The van der Waals surface area contributed by atoms with E-state index in [1.165, 1.54) is 13.5 Å². The van der Waals surface area contributed by atoms with Crippen molar-refractivity contribution in [3.05, 3.63) is 0 Å². The van der Waals surface area contributed by atoms with Crippen molar-refractivity contribution >= 4 is 5.97 Å². The highest BCUT2D eigenvalue weighted by molar-refractivity contribution is 5.69. The summed E-state index contributed by atoms with van der Waals surface area (Å²) in [5, 5.41) is 0. The van der Waals surface area contributed by atoms with Crippen molar-refractivity contribution in [3.8, 4) is 0 Å². The molecule has 2 unspecified atom stereocenters. The van der Waals surface area contributed by atoms with Gasteiger partial charge in [0.2, 0.25) is 0 Å². The predicted octanol–water partition coefficient (Wildman–Crippen LogP) is 0.609. The van der Waals surface area contributed by atoms with Gasteiger partial charge in [0.25, 0.3) is 0 Å². The maximum absolute atomic E-state index is 10.9. The van der Waals surface area contributed by atoms with Gasteiger partial charge in [-0.25, -0.2) is 0 Å². The normalized spacial score (nSPS) is 26.9. The van der Waals surface area contributed by atoms with Gasteiger partial charge < -0.3 is 15.4 Å². The Morgan fingerprint density at radius 3 is 2.87 bits per heavy atom. The van der Waals surface area contributed by atoms with Gasteiger partial charge in [-0.05, 0) is 38.8 Å². The molecule has 1 aliphatic heterocycles. The summed E-state index contributed by atoms with van der Waals surface area (Å²) in [6.45, 7) is 5.07. The summed E-state index contributed by atoms with van der Waals surface area (Å²) < 4.78 is 4.61. The number of carbonyl (C=O) groups is 1. The third kappa shape index (κ3) is 3.80. The molecule has 0 amide bonds. The van der Waals surface area contributed by atoms with Crippen LogP contribution in [0.15, 0.2) is 0 Å². The Labute approximate surface area is 91.8 Å². The van der Waals surface area contributed by atoms with Crippen LogP contribution in [0, 0.1) is 5.92 Å². The second kappa shape index (κ2) is 6.08. The standard InChI is InChI=1S/C11H22N2O2/c1-9-6-10(7-12)8-13(9)5-3-4-11(14)15-2/h9-10H,3-8,12H2,1-2H3. The molecule has 1 fully saturated rings. The van der Waals surface area contributed by atoms with E-state index in [1.807, 2.05) is 0 Å². The van der Waals surface area contributed by atoms with Gasteiger partial charge in [-0.2, -0.15) is 0 Å². The van der Waals surface area contributed by atoms with E-state index in [2.05, 4.69) is 16.6 Å². The summed E-state index contributed by atoms with van der Waals surface area (Å²) in [4.78, 5) is 13.3. The molecular formula is C11H22N2O2. The molecule has 0 radical (unpaired) electrons. The molecular weight excluding hydrogens is 192 g/mol. The van der Waals surface area contributed by atoms with Gasteiger partial charge in [-0.15, -0.1) is 0 Å². The lowest BCUT2D eigenvalue weighted by Crippen LogP contribution is -2.29. The number of methoxy groups -OCH3 is 1. The first kappa shape index (κ1) is 12.5. The van der Waals surface area contributed by atoms with E-state index in [1.54, 1.807) is 0 Å². The van der Waals surface area contributed by atoms with E-state index in [9.17, 15) is 4.79 Å². The number of likely N-dealkylation sites (tertiary alicyclic amines) is 1. The minimum Gasteiger partial charge on any atom is -0.469 e. The molecule has 0 aromatic carbocycles. The van der Waals surface area contributed by atoms with Crippen LogP contribution in [0.1, 0.15) is 26.2 Å². The van der Waals surface area contributed by atoms with Crippen LogP contribution in [0.3, 0.4) is 0 Å². The number of esters is 1. The Morgan fingerprint density at radius 2 is 2.33 bits per heavy atom. The number of ether oxygens (including phenoxy) is 1. The zero-order chi connectivity index (χ0) is 11.3. The lowest BCUT2D eigenvalue weighted by atomic mass is 10.1. The summed E-state index contributed by atoms with van der Waals surface area (Å²) in [5.41, 5.74) is 5.66. The van der Waals surface area contributed by atoms with Crippen molar-refractivity contribution in [1.29, 1.82) is 0 Å². The van der Waals surface area contributed by atoms with Crippen LogP contribution in [0.25, 0.3) is 0 Å². The third-order valence-electron chi connectivity index (χ3n) is 3.18. The molecule has 4 heteroatoms. The molecule has 0 aromatic heterocycles. The monoisotopic (exact) mass is 214 g/mol. The fourth-order valence-electron chi connectivity index (χ4n) is 2.23. The average Bonchev–Trinajstić information content (AvgIpc) is 2.59. The summed E-state index contributed by atoms with van der Waals surface area (Å²) in [7, 11) is 1.44. The van der Waals surface area contributed by atoms with E-state index >= 15 is 0 Å². The van der Waals surface area contributed by atoms with Crippen LogP contribution in [-0.4, -0.2) is 43.7 Å². The Balaban J connectivity index is 2.19. The first-order valence-corrected chi connectivity index (χ1v) is 5.68. The van der Waals surface area contributed by atoms with Gasteiger partial charge in [0.1, 0.15) is 0 Å². The molecule has 2 atom stereocenters. The molecule has 1 rings (SSSR count). The van der Waals surface area contributed by atoms with Crippen molar-refractivity contribution in [3.63, 3.8) is 0 Å². The largest absolute Gasteiger partial charge is 0.469 e. The summed E-state index contributed by atoms with van der Waals surface area (Å²) in [6.07, 6.45) is 2.59. The fourth-order valence-corrected chi connectivity index (χ4v) is 2.23. The van der Waals surface area contributed by atoms with Crippen molar-refractivity contribution in [2.75, 3.05) is 26.7 Å². The second-order valence-electron chi connectivity index (χ2n) is 4.36. The molecule has 0 aromatic rings. The highest BCUT2D eigenvalue weighted by atomic mass is 16.5. The number of carbonyl (C=O) groups excluding carboxylic acids is 1. The van der Waals surface area contributed by atoms with E-state index in [0.29, 0.717) is 18.4 Å². The van der Waals surface area contributed by atoms with Crippen LogP contribution in [0.5, 0.6) is 0 Å². The highest BCUT2D eigenvalue weighted by Crippen LogP contribution is 2.22. The lowest BCUT2D eigenvalue weighted by molar-refractivity contribution is -0.140. The Hall–Kier alpha value is -0.610. The zero-order valence-electron chi connectivity index (χ0n) is 9.74. The first-order chi connectivity index (χ1) is 7.17. The molecule has 1 aliphatic rings. The maximum atomic E-state index is 10.9. The van der Waals surface area contributed by atoms with Crippen molar-refractivity contribution in [2.24, 2.45) is 11.7 Å². The summed E-state index contributed by atoms with van der Waals surface area (Å²) >= 11 is 0. The van der Waals surface area contributed by atoms with Crippen LogP contribution in [0.4, 0.5) is 0 Å². The molecule has 2 N–H and O–H groups in total. The minimum absolute atomic E-state index is 0.114. The van der Waals surface area contributed by atoms with E-state index in [4.69, 9.17) is 5.73 Å². The van der Waals surface area contributed by atoms with Gasteiger partial charge >= 0.3 is 5.97 Å². The van der Waals surface area contributed by atoms with Crippen molar-refractivity contribution < 1.29 is 9.53 Å². The van der Waals surface area contributed by atoms with Crippen LogP contribution < -0.4 is 5.73 Å². The number of nitrogens with two attached hydrogens (primary N) is 1. The van der Waals surface area contributed by atoms with Crippen molar-refractivity contribution in [2.45, 2.75) is 32.2 Å². The third-order valence-corrected chi connectivity index (χ3v) is 3.18. The Bertz CT molecular complexity index is 209. The van der Waals surface area contributed by atoms with Crippen LogP contribution >= 0.6 is 0 Å². The van der Waals surface area contributed by atoms with Gasteiger partial charge in [0, 0.05) is 19.0 Å². The number of hydrogen-bond donors (Lipinski definition) is 1. The SMILES string of the molecule is COC(=O)CCCN1CC(CN)CC1C. The average molecular weight is 214 g/mol. The van der Waals surface area contributed by atoms with Gasteiger partial charge in [-0.3, -0.25) is 4.79 Å².